The highest BCUT2D eigenvalue weighted by Gasteiger charge is 2.21. The molecule has 2 nitrogen and oxygen atoms in total. The van der Waals surface area contributed by atoms with Gasteiger partial charge in [0.2, 0.25) is 0 Å². The van der Waals surface area contributed by atoms with E-state index >= 15 is 0 Å². The van der Waals surface area contributed by atoms with Crippen molar-refractivity contribution in [2.75, 3.05) is 0 Å². The number of rotatable bonds is 1. The van der Waals surface area contributed by atoms with Gasteiger partial charge in [-0.2, -0.15) is 5.10 Å². The molecule has 1 aliphatic carbocycles. The van der Waals surface area contributed by atoms with Gasteiger partial charge < -0.3 is 0 Å². The molecule has 1 aromatic carbocycles. The maximum atomic E-state index is 6.56. The molecule has 0 saturated carbocycles. The van der Waals surface area contributed by atoms with Crippen molar-refractivity contribution in [2.45, 2.75) is 46.5 Å². The normalized spacial score (nSPS) is 14.5. The summed E-state index contributed by atoms with van der Waals surface area (Å²) < 4.78 is 1.95. The predicted octanol–water partition coefficient (Wildman–Crippen LogP) is 4.33. The molecular formula is C16H19ClN2. The average molecular weight is 275 g/mol. The fourth-order valence-corrected chi connectivity index (χ4v) is 3.49. The van der Waals surface area contributed by atoms with Gasteiger partial charge in [0.25, 0.3) is 0 Å². The van der Waals surface area contributed by atoms with Crippen LogP contribution in [0, 0.1) is 20.8 Å². The zero-order valence-electron chi connectivity index (χ0n) is 11.8. The first-order valence-electron chi connectivity index (χ1n) is 6.92. The smallest absolute Gasteiger partial charge is 0.136 e. The number of benzene rings is 1. The van der Waals surface area contributed by atoms with Gasteiger partial charge in [-0.25, -0.2) is 4.68 Å². The van der Waals surface area contributed by atoms with Crippen molar-refractivity contribution in [2.24, 2.45) is 0 Å². The molecule has 0 saturated heterocycles. The zero-order valence-corrected chi connectivity index (χ0v) is 12.5. The fraction of sp³-hybridized carbons (Fsp3) is 0.438. The van der Waals surface area contributed by atoms with Crippen molar-refractivity contribution in [1.29, 1.82) is 0 Å². The van der Waals surface area contributed by atoms with Gasteiger partial charge in [0.1, 0.15) is 5.15 Å². The molecule has 1 aliphatic rings. The minimum Gasteiger partial charge on any atom is -0.221 e. The van der Waals surface area contributed by atoms with Crippen LogP contribution in [0.2, 0.25) is 5.15 Å². The van der Waals surface area contributed by atoms with E-state index in [2.05, 4.69) is 32.9 Å². The summed E-state index contributed by atoms with van der Waals surface area (Å²) in [5.41, 5.74) is 7.35. The maximum absolute atomic E-state index is 6.56. The lowest BCUT2D eigenvalue weighted by molar-refractivity contribution is 0.671. The van der Waals surface area contributed by atoms with Crippen LogP contribution in [0.5, 0.6) is 0 Å². The Morgan fingerprint density at radius 2 is 1.68 bits per heavy atom. The lowest BCUT2D eigenvalue weighted by Crippen LogP contribution is -2.03. The summed E-state index contributed by atoms with van der Waals surface area (Å²) in [4.78, 5) is 0. The molecule has 3 heteroatoms. The quantitative estimate of drug-likeness (QED) is 0.757. The molecule has 0 radical (unpaired) electrons. The largest absolute Gasteiger partial charge is 0.221 e. The van der Waals surface area contributed by atoms with E-state index in [0.717, 1.165) is 23.7 Å². The van der Waals surface area contributed by atoms with Crippen LogP contribution in [0.1, 0.15) is 40.8 Å². The Labute approximate surface area is 119 Å². The number of fused-ring (bicyclic) bond motifs is 1. The van der Waals surface area contributed by atoms with E-state index in [4.69, 9.17) is 16.7 Å². The van der Waals surface area contributed by atoms with Crippen LogP contribution < -0.4 is 0 Å². The first kappa shape index (κ1) is 12.7. The SMILES string of the molecule is Cc1cc(C)c(-n2nc3c(c2Cl)CCCC3)c(C)c1. The first-order chi connectivity index (χ1) is 9.08. The van der Waals surface area contributed by atoms with Crippen LogP contribution in [0.4, 0.5) is 0 Å². The molecule has 0 fully saturated rings. The third-order valence-corrected chi connectivity index (χ3v) is 4.33. The molecule has 0 atom stereocenters. The summed E-state index contributed by atoms with van der Waals surface area (Å²) in [6, 6.07) is 4.39. The Morgan fingerprint density at radius 3 is 2.32 bits per heavy atom. The highest BCUT2D eigenvalue weighted by molar-refractivity contribution is 6.30. The number of hydrogen-bond donors (Lipinski definition) is 0. The standard InChI is InChI=1S/C16H19ClN2/c1-10-8-11(2)15(12(3)9-10)19-16(17)13-6-4-5-7-14(13)18-19/h8-9H,4-7H2,1-3H3. The second-order valence-electron chi connectivity index (χ2n) is 5.58. The minimum absolute atomic E-state index is 0.810. The summed E-state index contributed by atoms with van der Waals surface area (Å²) in [6.45, 7) is 6.39. The van der Waals surface area contributed by atoms with Crippen molar-refractivity contribution in [3.63, 3.8) is 0 Å². The number of aromatic nitrogens is 2. The van der Waals surface area contributed by atoms with Gasteiger partial charge in [-0.15, -0.1) is 0 Å². The van der Waals surface area contributed by atoms with E-state index in [1.165, 1.54) is 40.8 Å². The Kier molecular flexibility index (Phi) is 3.14. The monoisotopic (exact) mass is 274 g/mol. The minimum atomic E-state index is 0.810. The second kappa shape index (κ2) is 4.68. The van der Waals surface area contributed by atoms with Crippen molar-refractivity contribution in [1.82, 2.24) is 9.78 Å². The Balaban J connectivity index is 2.20. The van der Waals surface area contributed by atoms with Crippen molar-refractivity contribution < 1.29 is 0 Å². The molecule has 1 heterocycles. The van der Waals surface area contributed by atoms with E-state index in [1.807, 2.05) is 4.68 Å². The first-order valence-corrected chi connectivity index (χ1v) is 7.30. The van der Waals surface area contributed by atoms with Crippen molar-refractivity contribution >= 4 is 11.6 Å². The van der Waals surface area contributed by atoms with Gasteiger partial charge in [-0.3, -0.25) is 0 Å². The summed E-state index contributed by atoms with van der Waals surface area (Å²) in [7, 11) is 0. The Morgan fingerprint density at radius 1 is 1.05 bits per heavy atom. The summed E-state index contributed by atoms with van der Waals surface area (Å²) in [5.74, 6) is 0. The number of halogens is 1. The number of nitrogens with zero attached hydrogens (tertiary/aromatic N) is 2. The van der Waals surface area contributed by atoms with Gasteiger partial charge in [-0.05, 0) is 57.6 Å². The molecule has 19 heavy (non-hydrogen) atoms. The lowest BCUT2D eigenvalue weighted by Gasteiger charge is -2.12. The third-order valence-electron chi connectivity index (χ3n) is 3.94. The van der Waals surface area contributed by atoms with E-state index in [0.29, 0.717) is 0 Å². The Bertz CT molecular complexity index is 617. The van der Waals surface area contributed by atoms with Crippen LogP contribution in [0.3, 0.4) is 0 Å². The highest BCUT2D eigenvalue weighted by atomic mass is 35.5. The van der Waals surface area contributed by atoms with Crippen LogP contribution >= 0.6 is 11.6 Å². The molecule has 0 unspecified atom stereocenters. The van der Waals surface area contributed by atoms with Crippen LogP contribution in [-0.2, 0) is 12.8 Å². The summed E-state index contributed by atoms with van der Waals surface area (Å²) >= 11 is 6.56. The predicted molar refractivity (Wildman–Crippen MR) is 79.4 cm³/mol. The fourth-order valence-electron chi connectivity index (χ4n) is 3.17. The van der Waals surface area contributed by atoms with E-state index in [1.54, 1.807) is 0 Å². The highest BCUT2D eigenvalue weighted by Crippen LogP contribution is 2.32. The van der Waals surface area contributed by atoms with Gasteiger partial charge >= 0.3 is 0 Å². The molecule has 1 aromatic heterocycles. The number of hydrogen-bond acceptors (Lipinski definition) is 1. The molecule has 0 aliphatic heterocycles. The number of aryl methyl sites for hydroxylation is 4. The van der Waals surface area contributed by atoms with Crippen molar-refractivity contribution in [3.05, 3.63) is 45.2 Å². The second-order valence-corrected chi connectivity index (χ2v) is 5.94. The average Bonchev–Trinajstić information content (AvgIpc) is 2.66. The van der Waals surface area contributed by atoms with Gasteiger partial charge in [0, 0.05) is 5.56 Å². The van der Waals surface area contributed by atoms with Crippen LogP contribution in [-0.4, -0.2) is 9.78 Å². The van der Waals surface area contributed by atoms with E-state index < -0.39 is 0 Å². The topological polar surface area (TPSA) is 17.8 Å². The molecule has 0 spiro atoms. The molecule has 3 rings (SSSR count). The summed E-state index contributed by atoms with van der Waals surface area (Å²) in [6.07, 6.45) is 4.58. The van der Waals surface area contributed by atoms with Gasteiger partial charge in [-0.1, -0.05) is 29.3 Å². The molecule has 2 aromatic rings. The molecular weight excluding hydrogens is 256 g/mol. The summed E-state index contributed by atoms with van der Waals surface area (Å²) in [5, 5.41) is 5.57. The van der Waals surface area contributed by atoms with Crippen LogP contribution in [0.25, 0.3) is 5.69 Å². The molecule has 0 bridgehead atoms. The maximum Gasteiger partial charge on any atom is 0.136 e. The zero-order chi connectivity index (χ0) is 13.6. The molecule has 0 N–H and O–H groups in total. The third kappa shape index (κ3) is 2.08. The van der Waals surface area contributed by atoms with Gasteiger partial charge in [0.15, 0.2) is 0 Å². The lowest BCUT2D eigenvalue weighted by atomic mass is 9.98. The van der Waals surface area contributed by atoms with E-state index in [9.17, 15) is 0 Å². The molecule has 100 valence electrons. The Hall–Kier alpha value is -1.28. The van der Waals surface area contributed by atoms with Gasteiger partial charge in [0.05, 0.1) is 11.4 Å². The van der Waals surface area contributed by atoms with Crippen LogP contribution in [0.15, 0.2) is 12.1 Å². The molecule has 0 amide bonds. The van der Waals surface area contributed by atoms with E-state index in [-0.39, 0.29) is 0 Å². The van der Waals surface area contributed by atoms with Crippen molar-refractivity contribution in [3.8, 4) is 5.69 Å².